The lowest BCUT2D eigenvalue weighted by Gasteiger charge is -2.34. The molecule has 0 bridgehead atoms. The minimum absolute atomic E-state index is 0.00423. The molecular weight excluding hydrogens is 472 g/mol. The van der Waals surface area contributed by atoms with Crippen LogP contribution in [0.25, 0.3) is 0 Å². The molecule has 0 spiro atoms. The van der Waals surface area contributed by atoms with Gasteiger partial charge in [0, 0.05) is 23.1 Å². The Morgan fingerprint density at radius 1 is 0.833 bits per heavy atom. The third kappa shape index (κ3) is 6.93. The molecule has 0 atom stereocenters. The summed E-state index contributed by atoms with van der Waals surface area (Å²) < 4.78 is 51.2. The highest BCUT2D eigenvalue weighted by atomic mass is 19.4. The molecule has 1 amide bonds. The normalized spacial score (nSPS) is 21.8. The van der Waals surface area contributed by atoms with E-state index < -0.39 is 11.7 Å². The van der Waals surface area contributed by atoms with Crippen molar-refractivity contribution < 1.29 is 27.2 Å². The van der Waals surface area contributed by atoms with E-state index in [0.717, 1.165) is 76.7 Å². The van der Waals surface area contributed by atoms with Gasteiger partial charge in [0.05, 0.1) is 5.56 Å². The number of hydrogen-bond acceptors (Lipinski definition) is 3. The highest BCUT2D eigenvalue weighted by Gasteiger charge is 2.31. The monoisotopic (exact) mass is 504 g/mol. The molecule has 2 aliphatic rings. The number of rotatable bonds is 7. The Labute approximate surface area is 209 Å². The van der Waals surface area contributed by atoms with E-state index in [1.165, 1.54) is 24.3 Å². The van der Waals surface area contributed by atoms with Gasteiger partial charge in [0.25, 0.3) is 5.91 Å². The Kier molecular flexibility index (Phi) is 8.44. The molecule has 194 valence electrons. The third-order valence-corrected chi connectivity index (χ3v) is 7.60. The standard InChI is InChI=1S/C28H32F4N2O2/c29-24-9-5-20(6-10-24)26(35)21-14-17-34(18-15-21)16-13-19-1-11-25(12-2-19)33-27(36)22-3-7-23(8-4-22)28(30,31)32/h3-10,19,21,25H,1-2,11-18H2,(H,33,36). The second kappa shape index (κ2) is 11.5. The Morgan fingerprint density at radius 3 is 2.00 bits per heavy atom. The van der Waals surface area contributed by atoms with E-state index in [9.17, 15) is 27.2 Å². The lowest BCUT2D eigenvalue weighted by Crippen LogP contribution is -2.39. The van der Waals surface area contributed by atoms with Crippen molar-refractivity contribution in [2.75, 3.05) is 19.6 Å². The fourth-order valence-corrected chi connectivity index (χ4v) is 5.31. The number of carbonyl (C=O) groups is 2. The Morgan fingerprint density at radius 2 is 1.42 bits per heavy atom. The van der Waals surface area contributed by atoms with Crippen molar-refractivity contribution in [2.24, 2.45) is 11.8 Å². The fraction of sp³-hybridized carbons (Fsp3) is 0.500. The van der Waals surface area contributed by atoms with E-state index in [4.69, 9.17) is 0 Å². The van der Waals surface area contributed by atoms with Gasteiger partial charge in [0.2, 0.25) is 0 Å². The van der Waals surface area contributed by atoms with Gasteiger partial charge in [-0.3, -0.25) is 9.59 Å². The summed E-state index contributed by atoms with van der Waals surface area (Å²) in [5.74, 6) is 0.0201. The molecule has 1 aliphatic carbocycles. The van der Waals surface area contributed by atoms with Crippen LogP contribution in [0.15, 0.2) is 48.5 Å². The van der Waals surface area contributed by atoms with Gasteiger partial charge in [-0.1, -0.05) is 0 Å². The number of Topliss-reactive ketones (excluding diaryl/α,β-unsaturated/α-hetero) is 1. The van der Waals surface area contributed by atoms with Crippen LogP contribution in [0.5, 0.6) is 0 Å². The minimum atomic E-state index is -4.41. The number of carbonyl (C=O) groups excluding carboxylic acids is 2. The number of nitrogens with zero attached hydrogens (tertiary/aromatic N) is 1. The molecule has 36 heavy (non-hydrogen) atoms. The maximum absolute atomic E-state index is 13.1. The number of likely N-dealkylation sites (tertiary alicyclic amines) is 1. The highest BCUT2D eigenvalue weighted by molar-refractivity contribution is 5.97. The Balaban J connectivity index is 1.14. The van der Waals surface area contributed by atoms with Crippen molar-refractivity contribution in [2.45, 2.75) is 57.2 Å². The summed E-state index contributed by atoms with van der Waals surface area (Å²) >= 11 is 0. The molecule has 0 unspecified atom stereocenters. The van der Waals surface area contributed by atoms with Gasteiger partial charge in [-0.25, -0.2) is 4.39 Å². The first kappa shape index (κ1) is 26.3. The smallest absolute Gasteiger partial charge is 0.349 e. The molecular formula is C28H32F4N2O2. The molecule has 1 saturated carbocycles. The molecule has 2 fully saturated rings. The SMILES string of the molecule is O=C(NC1CCC(CCN2CCC(C(=O)c3ccc(F)cc3)CC2)CC1)c1ccc(C(F)(F)F)cc1. The molecule has 1 aliphatic heterocycles. The summed E-state index contributed by atoms with van der Waals surface area (Å²) in [4.78, 5) is 27.5. The van der Waals surface area contributed by atoms with Crippen molar-refractivity contribution >= 4 is 11.7 Å². The van der Waals surface area contributed by atoms with Gasteiger partial charge in [-0.15, -0.1) is 0 Å². The highest BCUT2D eigenvalue weighted by Crippen LogP contribution is 2.30. The first-order valence-electron chi connectivity index (χ1n) is 12.7. The predicted octanol–water partition coefficient (Wildman–Crippen LogP) is 6.12. The van der Waals surface area contributed by atoms with Gasteiger partial charge in [-0.05, 0) is 119 Å². The molecule has 1 heterocycles. The van der Waals surface area contributed by atoms with E-state index in [-0.39, 0.29) is 35.0 Å². The zero-order valence-corrected chi connectivity index (χ0v) is 20.2. The van der Waals surface area contributed by atoms with E-state index in [1.807, 2.05) is 0 Å². The molecule has 0 aromatic heterocycles. The van der Waals surface area contributed by atoms with E-state index in [2.05, 4.69) is 10.2 Å². The molecule has 8 heteroatoms. The van der Waals surface area contributed by atoms with Crippen molar-refractivity contribution in [3.8, 4) is 0 Å². The summed E-state index contributed by atoms with van der Waals surface area (Å²) in [6.07, 6.45) is 2.06. The first-order valence-corrected chi connectivity index (χ1v) is 12.7. The number of benzene rings is 2. The second-order valence-corrected chi connectivity index (χ2v) is 10.0. The van der Waals surface area contributed by atoms with Crippen LogP contribution in [-0.4, -0.2) is 42.3 Å². The summed E-state index contributed by atoms with van der Waals surface area (Å²) in [5, 5.41) is 2.97. The number of ketones is 1. The number of halogens is 4. The van der Waals surface area contributed by atoms with Crippen LogP contribution in [0.1, 0.15) is 71.2 Å². The predicted molar refractivity (Wildman–Crippen MR) is 129 cm³/mol. The quantitative estimate of drug-likeness (QED) is 0.365. The molecule has 4 rings (SSSR count). The van der Waals surface area contributed by atoms with Gasteiger partial charge in [0.15, 0.2) is 5.78 Å². The zero-order valence-electron chi connectivity index (χ0n) is 20.2. The second-order valence-electron chi connectivity index (χ2n) is 10.0. The summed E-state index contributed by atoms with van der Waals surface area (Å²) in [6.45, 7) is 2.76. The Hall–Kier alpha value is -2.74. The topological polar surface area (TPSA) is 49.4 Å². The summed E-state index contributed by atoms with van der Waals surface area (Å²) in [7, 11) is 0. The summed E-state index contributed by atoms with van der Waals surface area (Å²) in [5.41, 5.74) is 0.0618. The molecule has 2 aromatic carbocycles. The molecule has 2 aromatic rings. The average Bonchev–Trinajstić information content (AvgIpc) is 2.88. The lowest BCUT2D eigenvalue weighted by molar-refractivity contribution is -0.137. The fourth-order valence-electron chi connectivity index (χ4n) is 5.31. The van der Waals surface area contributed by atoms with E-state index in [1.54, 1.807) is 12.1 Å². The van der Waals surface area contributed by atoms with Crippen molar-refractivity contribution in [1.29, 1.82) is 0 Å². The van der Waals surface area contributed by atoms with Crippen LogP contribution in [0.2, 0.25) is 0 Å². The third-order valence-electron chi connectivity index (χ3n) is 7.60. The van der Waals surface area contributed by atoms with E-state index in [0.29, 0.717) is 11.5 Å². The zero-order chi connectivity index (χ0) is 25.7. The first-order chi connectivity index (χ1) is 17.2. The van der Waals surface area contributed by atoms with Crippen LogP contribution < -0.4 is 5.32 Å². The van der Waals surface area contributed by atoms with Gasteiger partial charge in [-0.2, -0.15) is 13.2 Å². The minimum Gasteiger partial charge on any atom is -0.349 e. The average molecular weight is 505 g/mol. The maximum Gasteiger partial charge on any atom is 0.416 e. The lowest BCUT2D eigenvalue weighted by atomic mass is 9.83. The number of amides is 1. The van der Waals surface area contributed by atoms with Crippen molar-refractivity contribution in [1.82, 2.24) is 10.2 Å². The van der Waals surface area contributed by atoms with Gasteiger partial charge < -0.3 is 10.2 Å². The van der Waals surface area contributed by atoms with E-state index >= 15 is 0 Å². The van der Waals surface area contributed by atoms with Crippen LogP contribution in [-0.2, 0) is 6.18 Å². The van der Waals surface area contributed by atoms with Crippen LogP contribution in [0.4, 0.5) is 17.6 Å². The molecule has 4 nitrogen and oxygen atoms in total. The van der Waals surface area contributed by atoms with Crippen molar-refractivity contribution in [3.63, 3.8) is 0 Å². The van der Waals surface area contributed by atoms with Gasteiger partial charge >= 0.3 is 6.18 Å². The van der Waals surface area contributed by atoms with Crippen molar-refractivity contribution in [3.05, 3.63) is 71.0 Å². The number of piperidine rings is 1. The summed E-state index contributed by atoms with van der Waals surface area (Å²) in [6, 6.07) is 10.2. The number of hydrogen-bond donors (Lipinski definition) is 1. The number of nitrogens with one attached hydrogen (secondary N) is 1. The Bertz CT molecular complexity index is 1020. The molecule has 0 radical (unpaired) electrons. The van der Waals surface area contributed by atoms with Crippen LogP contribution in [0.3, 0.4) is 0 Å². The van der Waals surface area contributed by atoms with Crippen LogP contribution in [0, 0.1) is 17.7 Å². The number of alkyl halides is 3. The largest absolute Gasteiger partial charge is 0.416 e. The molecule has 1 saturated heterocycles. The van der Waals surface area contributed by atoms with Gasteiger partial charge in [0.1, 0.15) is 5.82 Å². The maximum atomic E-state index is 13.1. The van der Waals surface area contributed by atoms with Crippen LogP contribution >= 0.6 is 0 Å². The molecule has 1 N–H and O–H groups in total.